The average Bonchev–Trinajstić information content (AvgIpc) is 2.35. The largest absolute Gasteiger partial charge is 0.477 e. The molecule has 0 aliphatic heterocycles. The van der Waals surface area contributed by atoms with Crippen molar-refractivity contribution in [1.29, 1.82) is 0 Å². The van der Waals surface area contributed by atoms with Crippen LogP contribution in [0.25, 0.3) is 5.03 Å². The zero-order chi connectivity index (χ0) is 12.7. The number of aliphatic carboxylic acids is 1. The standard InChI is InChI=1S/C12H12ClNO3/c1-9(12(15)16)14-17-8-7-11(13)10-5-3-2-4-6-10/h2-7,14H,1,8H2,(H,15,16). The molecule has 0 aromatic heterocycles. The number of carbonyl (C=O) groups is 1. The molecular formula is C12H12ClNO3. The number of carboxylic acids is 1. The first-order chi connectivity index (χ1) is 8.11. The zero-order valence-electron chi connectivity index (χ0n) is 9.02. The number of benzene rings is 1. The van der Waals surface area contributed by atoms with Crippen LogP contribution in [0, 0.1) is 0 Å². The van der Waals surface area contributed by atoms with Gasteiger partial charge in [-0.2, -0.15) is 0 Å². The van der Waals surface area contributed by atoms with Gasteiger partial charge in [0.25, 0.3) is 0 Å². The van der Waals surface area contributed by atoms with Gasteiger partial charge in [0.2, 0.25) is 0 Å². The van der Waals surface area contributed by atoms with Crippen molar-refractivity contribution in [1.82, 2.24) is 5.48 Å². The predicted molar refractivity (Wildman–Crippen MR) is 66.1 cm³/mol. The maximum Gasteiger partial charge on any atom is 0.353 e. The highest BCUT2D eigenvalue weighted by Crippen LogP contribution is 2.17. The van der Waals surface area contributed by atoms with Gasteiger partial charge in [0.1, 0.15) is 5.70 Å². The van der Waals surface area contributed by atoms with Crippen molar-refractivity contribution >= 4 is 22.6 Å². The summed E-state index contributed by atoms with van der Waals surface area (Å²) in [6.45, 7) is 3.38. The minimum absolute atomic E-state index is 0.139. The normalized spacial score (nSPS) is 11.0. The summed E-state index contributed by atoms with van der Waals surface area (Å²) in [5.41, 5.74) is 2.83. The van der Waals surface area contributed by atoms with E-state index in [9.17, 15) is 4.79 Å². The van der Waals surface area contributed by atoms with Crippen LogP contribution < -0.4 is 5.48 Å². The minimum Gasteiger partial charge on any atom is -0.477 e. The van der Waals surface area contributed by atoms with Gasteiger partial charge in [-0.05, 0) is 11.6 Å². The Morgan fingerprint density at radius 1 is 1.47 bits per heavy atom. The van der Waals surface area contributed by atoms with Crippen LogP contribution >= 0.6 is 11.6 Å². The Kier molecular flexibility index (Phi) is 5.26. The summed E-state index contributed by atoms with van der Waals surface area (Å²) in [5.74, 6) is -1.16. The molecule has 90 valence electrons. The van der Waals surface area contributed by atoms with E-state index in [1.807, 2.05) is 30.3 Å². The number of hydrogen-bond acceptors (Lipinski definition) is 3. The summed E-state index contributed by atoms with van der Waals surface area (Å²) < 4.78 is 0. The van der Waals surface area contributed by atoms with Crippen molar-refractivity contribution in [3.05, 3.63) is 54.2 Å². The molecule has 2 N–H and O–H groups in total. The Morgan fingerprint density at radius 3 is 2.71 bits per heavy atom. The molecule has 0 aliphatic rings. The Bertz CT molecular complexity index is 429. The van der Waals surface area contributed by atoms with E-state index in [-0.39, 0.29) is 12.3 Å². The molecule has 0 radical (unpaired) electrons. The molecule has 0 unspecified atom stereocenters. The van der Waals surface area contributed by atoms with Gasteiger partial charge in [-0.3, -0.25) is 10.3 Å². The van der Waals surface area contributed by atoms with Crippen LogP contribution in [0.3, 0.4) is 0 Å². The second kappa shape index (κ2) is 6.73. The van der Waals surface area contributed by atoms with Crippen molar-refractivity contribution in [2.75, 3.05) is 6.61 Å². The molecule has 0 aliphatic carbocycles. The maximum absolute atomic E-state index is 10.4. The van der Waals surface area contributed by atoms with E-state index < -0.39 is 5.97 Å². The van der Waals surface area contributed by atoms with E-state index in [4.69, 9.17) is 21.5 Å². The molecule has 0 spiro atoms. The molecule has 17 heavy (non-hydrogen) atoms. The zero-order valence-corrected chi connectivity index (χ0v) is 9.78. The summed E-state index contributed by atoms with van der Waals surface area (Å²) in [6, 6.07) is 9.36. The number of hydrogen-bond donors (Lipinski definition) is 2. The fourth-order valence-electron chi connectivity index (χ4n) is 1.00. The number of carboxylic acid groups (broad SMARTS) is 1. The molecule has 0 saturated carbocycles. The van der Waals surface area contributed by atoms with Crippen molar-refractivity contribution in [3.8, 4) is 0 Å². The van der Waals surface area contributed by atoms with Gasteiger partial charge < -0.3 is 5.11 Å². The highest BCUT2D eigenvalue weighted by molar-refractivity contribution is 6.48. The number of nitrogens with one attached hydrogen (secondary N) is 1. The first-order valence-corrected chi connectivity index (χ1v) is 5.20. The molecule has 0 fully saturated rings. The number of halogens is 1. The molecule has 5 heteroatoms. The van der Waals surface area contributed by atoms with Crippen molar-refractivity contribution in [3.63, 3.8) is 0 Å². The monoisotopic (exact) mass is 253 g/mol. The summed E-state index contributed by atoms with van der Waals surface area (Å²) in [4.78, 5) is 15.2. The van der Waals surface area contributed by atoms with E-state index in [1.54, 1.807) is 6.08 Å². The van der Waals surface area contributed by atoms with Crippen LogP contribution in [-0.4, -0.2) is 17.7 Å². The Morgan fingerprint density at radius 2 is 2.12 bits per heavy atom. The lowest BCUT2D eigenvalue weighted by Gasteiger charge is -2.04. The quantitative estimate of drug-likeness (QED) is 0.464. The third kappa shape index (κ3) is 4.72. The van der Waals surface area contributed by atoms with Gasteiger partial charge in [0.05, 0.1) is 6.61 Å². The smallest absolute Gasteiger partial charge is 0.353 e. The van der Waals surface area contributed by atoms with Crippen LogP contribution in [0.4, 0.5) is 0 Å². The van der Waals surface area contributed by atoms with Gasteiger partial charge in [-0.15, -0.1) is 0 Å². The second-order valence-electron chi connectivity index (χ2n) is 3.11. The van der Waals surface area contributed by atoms with Crippen molar-refractivity contribution in [2.45, 2.75) is 0 Å². The topological polar surface area (TPSA) is 58.6 Å². The molecule has 1 aromatic rings. The summed E-state index contributed by atoms with van der Waals surface area (Å²) in [7, 11) is 0. The van der Waals surface area contributed by atoms with Gasteiger partial charge in [0, 0.05) is 5.03 Å². The molecule has 1 aromatic carbocycles. The second-order valence-corrected chi connectivity index (χ2v) is 3.52. The first kappa shape index (κ1) is 13.3. The Balaban J connectivity index is 2.40. The third-order valence-corrected chi connectivity index (χ3v) is 2.22. The lowest BCUT2D eigenvalue weighted by atomic mass is 10.2. The summed E-state index contributed by atoms with van der Waals surface area (Å²) in [5, 5.41) is 9.02. The Labute approximate surface area is 104 Å². The van der Waals surface area contributed by atoms with E-state index in [2.05, 4.69) is 12.1 Å². The summed E-state index contributed by atoms with van der Waals surface area (Å²) in [6.07, 6.45) is 1.62. The predicted octanol–water partition coefficient (Wildman–Crippen LogP) is 2.39. The molecule has 0 amide bonds. The Hall–Kier alpha value is -1.78. The van der Waals surface area contributed by atoms with E-state index in [0.717, 1.165) is 5.56 Å². The van der Waals surface area contributed by atoms with E-state index in [1.165, 1.54) is 0 Å². The highest BCUT2D eigenvalue weighted by atomic mass is 35.5. The number of rotatable bonds is 6. The molecular weight excluding hydrogens is 242 g/mol. The fourth-order valence-corrected chi connectivity index (χ4v) is 1.19. The number of hydroxylamine groups is 1. The fraction of sp³-hybridized carbons (Fsp3) is 0.0833. The summed E-state index contributed by atoms with van der Waals surface area (Å²) >= 11 is 6.00. The molecule has 4 nitrogen and oxygen atoms in total. The van der Waals surface area contributed by atoms with Crippen molar-refractivity contribution < 1.29 is 14.7 Å². The average molecular weight is 254 g/mol. The highest BCUT2D eigenvalue weighted by Gasteiger charge is 2.01. The molecule has 0 heterocycles. The molecule has 0 atom stereocenters. The van der Waals surface area contributed by atoms with Gasteiger partial charge >= 0.3 is 5.97 Å². The van der Waals surface area contributed by atoms with Crippen LogP contribution in [0.5, 0.6) is 0 Å². The lowest BCUT2D eigenvalue weighted by molar-refractivity contribution is -0.134. The third-order valence-electron chi connectivity index (χ3n) is 1.85. The lowest BCUT2D eigenvalue weighted by Crippen LogP contribution is -2.19. The van der Waals surface area contributed by atoms with Crippen LogP contribution in [-0.2, 0) is 9.63 Å². The van der Waals surface area contributed by atoms with Crippen LogP contribution in [0.2, 0.25) is 0 Å². The van der Waals surface area contributed by atoms with Crippen LogP contribution in [0.15, 0.2) is 48.7 Å². The molecule has 0 saturated heterocycles. The van der Waals surface area contributed by atoms with Gasteiger partial charge in [-0.25, -0.2) is 4.79 Å². The van der Waals surface area contributed by atoms with Crippen molar-refractivity contribution in [2.24, 2.45) is 0 Å². The molecule has 0 bridgehead atoms. The van der Waals surface area contributed by atoms with Crippen LogP contribution in [0.1, 0.15) is 5.56 Å². The SMILES string of the molecule is C=C(NOCC=C(Cl)c1ccccc1)C(=O)O. The van der Waals surface area contributed by atoms with Gasteiger partial charge in [0.15, 0.2) is 0 Å². The molecule has 1 rings (SSSR count). The van der Waals surface area contributed by atoms with E-state index in [0.29, 0.717) is 5.03 Å². The first-order valence-electron chi connectivity index (χ1n) is 4.82. The minimum atomic E-state index is -1.16. The maximum atomic E-state index is 10.4. The van der Waals surface area contributed by atoms with Gasteiger partial charge in [-0.1, -0.05) is 48.5 Å². The van der Waals surface area contributed by atoms with E-state index >= 15 is 0 Å².